The van der Waals surface area contributed by atoms with Crippen molar-refractivity contribution in [3.8, 4) is 5.75 Å². The maximum Gasteiger partial charge on any atom is 0.573 e. The lowest BCUT2D eigenvalue weighted by molar-refractivity contribution is -0.274. The predicted octanol–water partition coefficient (Wildman–Crippen LogP) is 2.29. The summed E-state index contributed by atoms with van der Waals surface area (Å²) in [6.45, 7) is -1.62. The van der Waals surface area contributed by atoms with Gasteiger partial charge >= 0.3 is 12.3 Å². The van der Waals surface area contributed by atoms with Crippen LogP contribution in [0.5, 0.6) is 5.75 Å². The minimum Gasteiger partial charge on any atom is -0.478 e. The Morgan fingerprint density at radius 1 is 1.47 bits per heavy atom. The number of nitrogens with zero attached hydrogens (tertiary/aromatic N) is 1. The molecule has 0 saturated carbocycles. The first kappa shape index (κ1) is 13.1. The molecule has 0 aliphatic heterocycles. The molecule has 0 fully saturated rings. The fraction of sp³-hybridized carbons (Fsp3) is 0.250. The molecular formula is C8H4F5NO3. The van der Waals surface area contributed by atoms with Gasteiger partial charge in [-0.2, -0.15) is 4.39 Å². The van der Waals surface area contributed by atoms with Crippen molar-refractivity contribution in [3.05, 3.63) is 23.3 Å². The summed E-state index contributed by atoms with van der Waals surface area (Å²) in [4.78, 5) is 13.4. The van der Waals surface area contributed by atoms with Gasteiger partial charge in [0, 0.05) is 0 Å². The molecule has 1 aromatic rings. The molecule has 0 amide bonds. The number of alkyl halides is 4. The van der Waals surface area contributed by atoms with E-state index < -0.39 is 41.8 Å². The topological polar surface area (TPSA) is 59.4 Å². The van der Waals surface area contributed by atoms with Crippen LogP contribution in [0.3, 0.4) is 0 Å². The first-order valence-corrected chi connectivity index (χ1v) is 3.98. The summed E-state index contributed by atoms with van der Waals surface area (Å²) in [7, 11) is 0. The lowest BCUT2D eigenvalue weighted by atomic mass is 10.1. The SMILES string of the molecule is O=C(O)c1c(OC(F)(F)F)cnc(F)c1CF. The van der Waals surface area contributed by atoms with Gasteiger partial charge in [0.2, 0.25) is 5.95 Å². The summed E-state index contributed by atoms with van der Waals surface area (Å²) < 4.78 is 64.2. The van der Waals surface area contributed by atoms with Crippen LogP contribution in [0.15, 0.2) is 6.20 Å². The third kappa shape index (κ3) is 3.02. The molecule has 94 valence electrons. The quantitative estimate of drug-likeness (QED) is 0.666. The Balaban J connectivity index is 3.36. The molecular weight excluding hydrogens is 253 g/mol. The molecule has 0 aliphatic carbocycles. The van der Waals surface area contributed by atoms with Crippen molar-refractivity contribution in [3.63, 3.8) is 0 Å². The lowest BCUT2D eigenvalue weighted by Gasteiger charge is -2.12. The van der Waals surface area contributed by atoms with E-state index in [2.05, 4.69) is 9.72 Å². The smallest absolute Gasteiger partial charge is 0.478 e. The third-order valence-electron chi connectivity index (χ3n) is 1.67. The number of carboxylic acid groups (broad SMARTS) is 1. The fourth-order valence-corrected chi connectivity index (χ4v) is 1.07. The lowest BCUT2D eigenvalue weighted by Crippen LogP contribution is -2.20. The number of aromatic carboxylic acids is 1. The Kier molecular flexibility index (Phi) is 3.49. The van der Waals surface area contributed by atoms with E-state index in [1.165, 1.54) is 0 Å². The zero-order valence-electron chi connectivity index (χ0n) is 7.89. The van der Waals surface area contributed by atoms with Crippen LogP contribution in [-0.2, 0) is 6.67 Å². The molecule has 4 nitrogen and oxygen atoms in total. The molecule has 0 spiro atoms. The zero-order chi connectivity index (χ0) is 13.2. The van der Waals surface area contributed by atoms with Crippen molar-refractivity contribution >= 4 is 5.97 Å². The molecule has 1 rings (SSSR count). The van der Waals surface area contributed by atoms with Gasteiger partial charge in [-0.3, -0.25) is 0 Å². The van der Waals surface area contributed by atoms with E-state index in [0.717, 1.165) is 0 Å². The highest BCUT2D eigenvalue weighted by molar-refractivity contribution is 5.92. The number of carboxylic acids is 1. The molecule has 1 N–H and O–H groups in total. The van der Waals surface area contributed by atoms with Gasteiger partial charge in [0.15, 0.2) is 5.75 Å². The summed E-state index contributed by atoms with van der Waals surface area (Å²) >= 11 is 0. The molecule has 0 atom stereocenters. The van der Waals surface area contributed by atoms with E-state index in [1.54, 1.807) is 0 Å². The minimum atomic E-state index is -5.18. The van der Waals surface area contributed by atoms with Gasteiger partial charge in [-0.15, -0.1) is 13.2 Å². The van der Waals surface area contributed by atoms with Crippen molar-refractivity contribution in [1.29, 1.82) is 0 Å². The Morgan fingerprint density at radius 2 is 2.06 bits per heavy atom. The summed E-state index contributed by atoms with van der Waals surface area (Å²) in [5.41, 5.74) is -2.34. The van der Waals surface area contributed by atoms with Crippen molar-refractivity contribution in [2.45, 2.75) is 13.0 Å². The minimum absolute atomic E-state index is 0.228. The summed E-state index contributed by atoms with van der Waals surface area (Å²) in [5.74, 6) is -4.71. The Morgan fingerprint density at radius 3 is 2.47 bits per heavy atom. The van der Waals surface area contributed by atoms with Gasteiger partial charge in [0.1, 0.15) is 12.2 Å². The van der Waals surface area contributed by atoms with Crippen molar-refractivity contribution < 1.29 is 36.6 Å². The van der Waals surface area contributed by atoms with Gasteiger partial charge in [-0.25, -0.2) is 14.2 Å². The van der Waals surface area contributed by atoms with E-state index >= 15 is 0 Å². The summed E-state index contributed by atoms with van der Waals surface area (Å²) in [5, 5.41) is 8.59. The maximum atomic E-state index is 12.9. The van der Waals surface area contributed by atoms with Crippen LogP contribution >= 0.6 is 0 Å². The highest BCUT2D eigenvalue weighted by Crippen LogP contribution is 2.29. The monoisotopic (exact) mass is 257 g/mol. The average molecular weight is 257 g/mol. The summed E-state index contributed by atoms with van der Waals surface area (Å²) in [6, 6.07) is 0. The standard InChI is InChI=1S/C8H4F5NO3/c9-1-3-5(7(15)16)4(2-14-6(3)10)17-8(11,12)13/h2H,1H2,(H,15,16). The second kappa shape index (κ2) is 4.52. The first-order chi connectivity index (χ1) is 7.76. The Bertz CT molecular complexity index is 446. The van der Waals surface area contributed by atoms with Gasteiger partial charge < -0.3 is 9.84 Å². The van der Waals surface area contributed by atoms with E-state index in [0.29, 0.717) is 0 Å². The number of ether oxygens (including phenoxy) is 1. The second-order valence-corrected chi connectivity index (χ2v) is 2.75. The van der Waals surface area contributed by atoms with Gasteiger partial charge in [0.05, 0.1) is 11.8 Å². The molecule has 0 aromatic carbocycles. The Hall–Kier alpha value is -1.93. The molecule has 1 heterocycles. The van der Waals surface area contributed by atoms with Crippen molar-refractivity contribution in [1.82, 2.24) is 4.98 Å². The van der Waals surface area contributed by atoms with Crippen LogP contribution in [0.25, 0.3) is 0 Å². The van der Waals surface area contributed by atoms with Crippen molar-refractivity contribution in [2.24, 2.45) is 0 Å². The first-order valence-electron chi connectivity index (χ1n) is 3.98. The van der Waals surface area contributed by atoms with Crippen LogP contribution in [-0.4, -0.2) is 22.4 Å². The van der Waals surface area contributed by atoms with E-state index in [-0.39, 0.29) is 6.20 Å². The van der Waals surface area contributed by atoms with Gasteiger partial charge in [-0.05, 0) is 0 Å². The zero-order valence-corrected chi connectivity index (χ0v) is 7.89. The number of rotatable bonds is 3. The van der Waals surface area contributed by atoms with Crippen LogP contribution in [0.1, 0.15) is 15.9 Å². The molecule has 9 heteroatoms. The predicted molar refractivity (Wildman–Crippen MR) is 42.6 cm³/mol. The average Bonchev–Trinajstić information content (AvgIpc) is 2.17. The number of hydrogen-bond donors (Lipinski definition) is 1. The summed E-state index contributed by atoms with van der Waals surface area (Å²) in [6.07, 6.45) is -4.96. The van der Waals surface area contributed by atoms with E-state index in [9.17, 15) is 26.7 Å². The molecule has 0 saturated heterocycles. The number of halogens is 5. The highest BCUT2D eigenvalue weighted by atomic mass is 19.4. The number of pyridine rings is 1. The van der Waals surface area contributed by atoms with Gasteiger partial charge in [-0.1, -0.05) is 0 Å². The van der Waals surface area contributed by atoms with Crippen LogP contribution in [0.4, 0.5) is 22.0 Å². The molecule has 17 heavy (non-hydrogen) atoms. The maximum absolute atomic E-state index is 12.9. The molecule has 0 bridgehead atoms. The molecule has 1 aromatic heterocycles. The van der Waals surface area contributed by atoms with Crippen LogP contribution < -0.4 is 4.74 Å². The van der Waals surface area contributed by atoms with Crippen LogP contribution in [0.2, 0.25) is 0 Å². The molecule has 0 radical (unpaired) electrons. The van der Waals surface area contributed by atoms with Crippen molar-refractivity contribution in [2.75, 3.05) is 0 Å². The fourth-order valence-electron chi connectivity index (χ4n) is 1.07. The van der Waals surface area contributed by atoms with Gasteiger partial charge in [0.25, 0.3) is 0 Å². The van der Waals surface area contributed by atoms with Crippen LogP contribution in [0, 0.1) is 5.95 Å². The van der Waals surface area contributed by atoms with E-state index in [1.807, 2.05) is 0 Å². The second-order valence-electron chi connectivity index (χ2n) is 2.75. The van der Waals surface area contributed by atoms with E-state index in [4.69, 9.17) is 5.11 Å². The Labute approximate surface area is 90.6 Å². The number of hydrogen-bond acceptors (Lipinski definition) is 3. The molecule has 0 aliphatic rings. The largest absolute Gasteiger partial charge is 0.573 e. The number of carbonyl (C=O) groups is 1. The highest BCUT2D eigenvalue weighted by Gasteiger charge is 2.34. The molecule has 0 unspecified atom stereocenters. The normalized spacial score (nSPS) is 11.4. The third-order valence-corrected chi connectivity index (χ3v) is 1.67. The number of aromatic nitrogens is 1.